The lowest BCUT2D eigenvalue weighted by atomic mass is 9.99. The summed E-state index contributed by atoms with van der Waals surface area (Å²) >= 11 is 0. The average Bonchev–Trinajstić information content (AvgIpc) is 2.82. The fourth-order valence-corrected chi connectivity index (χ4v) is 4.02. The van der Waals surface area contributed by atoms with Gasteiger partial charge in [-0.05, 0) is 72.4 Å². The monoisotopic (exact) mass is 532 g/mol. The average molecular weight is 533 g/mol. The Hall–Kier alpha value is -3.33. The second-order valence-electron chi connectivity index (χ2n) is 8.83. The van der Waals surface area contributed by atoms with E-state index in [4.69, 9.17) is 0 Å². The highest BCUT2D eigenvalue weighted by Gasteiger charge is 2.23. The number of carbonyl (C=O) groups excluding carboxylic acids is 1. The maximum atomic E-state index is 13.8. The third kappa shape index (κ3) is 8.93. The number of hydrogen-bond donors (Lipinski definition) is 4. The molecule has 0 saturated heterocycles. The topological polar surface area (TPSA) is 98.7 Å². The smallest absolute Gasteiger partial charge is 0.335 e. The summed E-state index contributed by atoms with van der Waals surface area (Å²) in [5.41, 5.74) is 3.14. The molecule has 0 radical (unpaired) electrons. The molecule has 6 nitrogen and oxygen atoms in total. The SMILES string of the molecule is CCc1cccc(CNC[C@H](O)[C@H](Cc2cc(F)cc(F)c2)NC(=O)c2cc(C)cc(C(=O)O)c2)c1.Cl. The molecule has 0 fully saturated rings. The summed E-state index contributed by atoms with van der Waals surface area (Å²) in [5.74, 6) is -3.29. The van der Waals surface area contributed by atoms with E-state index in [2.05, 4.69) is 23.6 Å². The van der Waals surface area contributed by atoms with E-state index in [9.17, 15) is 28.6 Å². The first-order valence-electron chi connectivity index (χ1n) is 11.7. The lowest BCUT2D eigenvalue weighted by molar-refractivity contribution is 0.0696. The molecule has 3 rings (SSSR count). The van der Waals surface area contributed by atoms with Gasteiger partial charge in [0, 0.05) is 24.7 Å². The molecule has 0 bridgehead atoms. The number of hydrogen-bond acceptors (Lipinski definition) is 4. The largest absolute Gasteiger partial charge is 0.478 e. The quantitative estimate of drug-likeness (QED) is 0.292. The van der Waals surface area contributed by atoms with Gasteiger partial charge in [0.05, 0.1) is 17.7 Å². The molecule has 0 heterocycles. The molecule has 0 aliphatic carbocycles. The van der Waals surface area contributed by atoms with Gasteiger partial charge in [0.2, 0.25) is 0 Å². The fraction of sp³-hybridized carbons (Fsp3) is 0.286. The molecule has 0 unspecified atom stereocenters. The molecular formula is C28H31ClF2N2O4. The van der Waals surface area contributed by atoms with Crippen LogP contribution >= 0.6 is 12.4 Å². The molecule has 0 aliphatic rings. The van der Waals surface area contributed by atoms with E-state index >= 15 is 0 Å². The Balaban J connectivity index is 0.00000481. The summed E-state index contributed by atoms with van der Waals surface area (Å²) in [5, 5.41) is 26.1. The van der Waals surface area contributed by atoms with E-state index in [1.54, 1.807) is 6.92 Å². The van der Waals surface area contributed by atoms with Gasteiger partial charge in [0.15, 0.2) is 0 Å². The van der Waals surface area contributed by atoms with Crippen molar-refractivity contribution >= 4 is 24.3 Å². The highest BCUT2D eigenvalue weighted by Crippen LogP contribution is 2.15. The minimum atomic E-state index is -1.17. The lowest BCUT2D eigenvalue weighted by Gasteiger charge is -2.25. The van der Waals surface area contributed by atoms with Crippen LogP contribution in [0.2, 0.25) is 0 Å². The van der Waals surface area contributed by atoms with E-state index in [1.807, 2.05) is 18.2 Å². The first-order valence-corrected chi connectivity index (χ1v) is 11.7. The Morgan fingerprint density at radius 2 is 1.57 bits per heavy atom. The molecule has 3 aromatic rings. The van der Waals surface area contributed by atoms with Gasteiger partial charge in [0.25, 0.3) is 5.91 Å². The van der Waals surface area contributed by atoms with Crippen molar-refractivity contribution in [1.29, 1.82) is 0 Å². The number of aromatic carboxylic acids is 1. The summed E-state index contributed by atoms with van der Waals surface area (Å²) in [6.45, 7) is 4.32. The van der Waals surface area contributed by atoms with Crippen molar-refractivity contribution in [1.82, 2.24) is 10.6 Å². The highest BCUT2D eigenvalue weighted by molar-refractivity contribution is 5.98. The molecule has 37 heavy (non-hydrogen) atoms. The molecular weight excluding hydrogens is 502 g/mol. The molecule has 0 spiro atoms. The number of benzene rings is 3. The van der Waals surface area contributed by atoms with Gasteiger partial charge in [-0.15, -0.1) is 12.4 Å². The minimum Gasteiger partial charge on any atom is -0.478 e. The lowest BCUT2D eigenvalue weighted by Crippen LogP contribution is -2.48. The van der Waals surface area contributed by atoms with Crippen LogP contribution < -0.4 is 10.6 Å². The zero-order valence-electron chi connectivity index (χ0n) is 20.6. The van der Waals surface area contributed by atoms with E-state index in [-0.39, 0.29) is 42.1 Å². The Labute approximate surface area is 221 Å². The van der Waals surface area contributed by atoms with E-state index in [0.29, 0.717) is 12.1 Å². The Bertz CT molecular complexity index is 1220. The van der Waals surface area contributed by atoms with Gasteiger partial charge in [-0.1, -0.05) is 31.2 Å². The molecule has 3 aromatic carbocycles. The predicted molar refractivity (Wildman–Crippen MR) is 140 cm³/mol. The predicted octanol–water partition coefficient (Wildman–Crippen LogP) is 4.45. The first-order chi connectivity index (χ1) is 17.1. The van der Waals surface area contributed by atoms with E-state index < -0.39 is 35.7 Å². The van der Waals surface area contributed by atoms with Crippen molar-refractivity contribution in [2.24, 2.45) is 0 Å². The summed E-state index contributed by atoms with van der Waals surface area (Å²) in [6, 6.07) is 14.4. The third-order valence-corrected chi connectivity index (χ3v) is 5.83. The minimum absolute atomic E-state index is 0. The van der Waals surface area contributed by atoms with Crippen LogP contribution in [0.15, 0.2) is 60.7 Å². The van der Waals surface area contributed by atoms with Crippen molar-refractivity contribution in [2.75, 3.05) is 6.54 Å². The van der Waals surface area contributed by atoms with Gasteiger partial charge in [0.1, 0.15) is 11.6 Å². The Morgan fingerprint density at radius 1 is 0.919 bits per heavy atom. The maximum absolute atomic E-state index is 13.8. The van der Waals surface area contributed by atoms with Crippen LogP contribution in [-0.2, 0) is 19.4 Å². The second-order valence-corrected chi connectivity index (χ2v) is 8.83. The summed E-state index contributed by atoms with van der Waals surface area (Å²) in [7, 11) is 0. The van der Waals surface area contributed by atoms with Gasteiger partial charge in [-0.3, -0.25) is 4.79 Å². The number of nitrogens with one attached hydrogen (secondary N) is 2. The van der Waals surface area contributed by atoms with Crippen LogP contribution in [0, 0.1) is 18.6 Å². The number of carbonyl (C=O) groups is 2. The number of halogens is 3. The molecule has 9 heteroatoms. The normalized spacial score (nSPS) is 12.4. The third-order valence-electron chi connectivity index (χ3n) is 5.83. The number of carboxylic acids is 1. The van der Waals surface area contributed by atoms with Crippen LogP contribution in [0.4, 0.5) is 8.78 Å². The Morgan fingerprint density at radius 3 is 2.22 bits per heavy atom. The number of aliphatic hydroxyl groups is 1. The number of rotatable bonds is 11. The van der Waals surface area contributed by atoms with Crippen molar-refractivity contribution in [3.8, 4) is 0 Å². The number of aliphatic hydroxyl groups excluding tert-OH is 1. The number of amides is 1. The molecule has 0 saturated carbocycles. The molecule has 198 valence electrons. The van der Waals surface area contributed by atoms with Gasteiger partial charge >= 0.3 is 5.97 Å². The standard InChI is InChI=1S/C28H30F2N2O4.ClH/c1-3-18-5-4-6-19(9-18)15-31-16-26(33)25(12-20-10-23(29)14-24(30)11-20)32-27(34)21-7-17(2)8-22(13-21)28(35)36;/h4-11,13-14,25-26,31,33H,3,12,15-16H2,1-2H3,(H,32,34)(H,35,36);1H/t25-,26-;/m0./s1. The van der Waals surface area contributed by atoms with Crippen molar-refractivity contribution in [3.63, 3.8) is 0 Å². The number of aryl methyl sites for hydroxylation is 2. The molecule has 0 aliphatic heterocycles. The Kier molecular flexibility index (Phi) is 11.2. The highest BCUT2D eigenvalue weighted by atomic mass is 35.5. The first kappa shape index (κ1) is 29.9. The van der Waals surface area contributed by atoms with Gasteiger partial charge in [-0.25, -0.2) is 13.6 Å². The zero-order chi connectivity index (χ0) is 26.2. The summed E-state index contributed by atoms with van der Waals surface area (Å²) in [4.78, 5) is 24.4. The van der Waals surface area contributed by atoms with Crippen molar-refractivity contribution in [2.45, 2.75) is 45.4 Å². The van der Waals surface area contributed by atoms with Crippen LogP contribution in [0.3, 0.4) is 0 Å². The van der Waals surface area contributed by atoms with Crippen molar-refractivity contribution in [3.05, 3.63) is 106 Å². The van der Waals surface area contributed by atoms with Gasteiger partial charge in [-0.2, -0.15) is 0 Å². The molecule has 1 amide bonds. The van der Waals surface area contributed by atoms with Gasteiger partial charge < -0.3 is 20.8 Å². The zero-order valence-corrected chi connectivity index (χ0v) is 21.4. The van der Waals surface area contributed by atoms with Crippen LogP contribution in [-0.4, -0.2) is 40.8 Å². The summed E-state index contributed by atoms with van der Waals surface area (Å²) in [6.07, 6.45) is -0.234. The van der Waals surface area contributed by atoms with Crippen molar-refractivity contribution < 1.29 is 28.6 Å². The molecule has 2 atom stereocenters. The molecule has 0 aromatic heterocycles. The van der Waals surface area contributed by atoms with Crippen LogP contribution in [0.25, 0.3) is 0 Å². The van der Waals surface area contributed by atoms with Crippen LogP contribution in [0.1, 0.15) is 49.9 Å². The molecule has 4 N–H and O–H groups in total. The summed E-state index contributed by atoms with van der Waals surface area (Å²) < 4.78 is 27.5. The van der Waals surface area contributed by atoms with Crippen LogP contribution in [0.5, 0.6) is 0 Å². The number of carboxylic acid groups (broad SMARTS) is 1. The van der Waals surface area contributed by atoms with E-state index in [1.165, 1.54) is 23.8 Å². The fourth-order valence-electron chi connectivity index (χ4n) is 4.02. The van der Waals surface area contributed by atoms with E-state index in [0.717, 1.165) is 30.2 Å². The second kappa shape index (κ2) is 13.8. The maximum Gasteiger partial charge on any atom is 0.335 e.